The third-order valence-electron chi connectivity index (χ3n) is 4.98. The van der Waals surface area contributed by atoms with Crippen molar-refractivity contribution in [1.29, 1.82) is 0 Å². The zero-order valence-corrected chi connectivity index (χ0v) is 17.4. The van der Waals surface area contributed by atoms with Crippen molar-refractivity contribution < 1.29 is 18.0 Å². The third kappa shape index (κ3) is 4.27. The Labute approximate surface area is 180 Å². The lowest BCUT2D eigenvalue weighted by atomic mass is 10.1. The van der Waals surface area contributed by atoms with E-state index in [4.69, 9.17) is 0 Å². The van der Waals surface area contributed by atoms with Crippen LogP contribution >= 0.6 is 0 Å². The van der Waals surface area contributed by atoms with Crippen LogP contribution in [0.25, 0.3) is 11.2 Å². The van der Waals surface area contributed by atoms with Gasteiger partial charge in [-0.3, -0.25) is 9.48 Å². The zero-order valence-electron chi connectivity index (χ0n) is 17.4. The van der Waals surface area contributed by atoms with Gasteiger partial charge in [-0.1, -0.05) is 12.1 Å². The van der Waals surface area contributed by atoms with Gasteiger partial charge in [0.1, 0.15) is 17.0 Å². The number of benzene rings is 1. The Hall–Kier alpha value is -3.89. The summed E-state index contributed by atoms with van der Waals surface area (Å²) >= 11 is 0. The summed E-state index contributed by atoms with van der Waals surface area (Å²) in [4.78, 5) is 24.5. The first kappa shape index (κ1) is 21.3. The molecule has 3 heterocycles. The van der Waals surface area contributed by atoms with Crippen LogP contribution in [0.3, 0.4) is 0 Å². The predicted octanol–water partition coefficient (Wildman–Crippen LogP) is 4.44. The number of carbonyl (C=O) groups excluding carboxylic acids is 1. The van der Waals surface area contributed by atoms with Crippen molar-refractivity contribution in [1.82, 2.24) is 24.7 Å². The summed E-state index contributed by atoms with van der Waals surface area (Å²) in [5.74, 6) is -0.0933. The molecule has 32 heavy (non-hydrogen) atoms. The molecule has 0 fully saturated rings. The number of hydrogen-bond donors (Lipinski definition) is 3. The second-order valence-corrected chi connectivity index (χ2v) is 7.41. The Kier molecular flexibility index (Phi) is 5.33. The van der Waals surface area contributed by atoms with Crippen LogP contribution in [0.5, 0.6) is 0 Å². The number of H-pyrrole nitrogens is 1. The highest BCUT2D eigenvalue weighted by Gasteiger charge is 2.35. The molecule has 11 heteroatoms. The van der Waals surface area contributed by atoms with Crippen molar-refractivity contribution in [2.45, 2.75) is 26.1 Å². The van der Waals surface area contributed by atoms with E-state index in [1.54, 1.807) is 24.4 Å². The SMILES string of the molecule is Cc1c[nH]c2ncc(N[C@@H](C)c3cccc(NC(=O)c4cc(C(F)(F)F)nn4C)c3)nc12. The first-order valence-corrected chi connectivity index (χ1v) is 9.71. The summed E-state index contributed by atoms with van der Waals surface area (Å²) in [7, 11) is 1.29. The number of amides is 1. The molecular weight excluding hydrogens is 423 g/mol. The second-order valence-electron chi connectivity index (χ2n) is 7.41. The number of fused-ring (bicyclic) bond motifs is 1. The molecule has 3 aromatic heterocycles. The van der Waals surface area contributed by atoms with Gasteiger partial charge in [-0.05, 0) is 37.1 Å². The molecule has 0 aliphatic rings. The van der Waals surface area contributed by atoms with Gasteiger partial charge in [-0.2, -0.15) is 18.3 Å². The molecule has 1 amide bonds. The van der Waals surface area contributed by atoms with E-state index in [1.807, 2.05) is 26.1 Å². The van der Waals surface area contributed by atoms with Crippen LogP contribution in [0.4, 0.5) is 24.7 Å². The first-order valence-electron chi connectivity index (χ1n) is 9.71. The van der Waals surface area contributed by atoms with E-state index in [0.717, 1.165) is 27.4 Å². The minimum absolute atomic E-state index is 0.175. The molecule has 0 aliphatic carbocycles. The van der Waals surface area contributed by atoms with Gasteiger partial charge in [-0.25, -0.2) is 9.97 Å². The van der Waals surface area contributed by atoms with Crippen LogP contribution in [-0.4, -0.2) is 30.6 Å². The molecule has 0 unspecified atom stereocenters. The van der Waals surface area contributed by atoms with Crippen LogP contribution in [0.1, 0.15) is 40.3 Å². The Bertz CT molecular complexity index is 1290. The molecule has 8 nitrogen and oxygen atoms in total. The van der Waals surface area contributed by atoms with Gasteiger partial charge in [0, 0.05) is 25.0 Å². The van der Waals surface area contributed by atoms with E-state index in [1.165, 1.54) is 7.05 Å². The van der Waals surface area contributed by atoms with Crippen LogP contribution in [-0.2, 0) is 13.2 Å². The molecule has 1 aromatic carbocycles. The largest absolute Gasteiger partial charge is 0.435 e. The lowest BCUT2D eigenvalue weighted by Gasteiger charge is -2.16. The van der Waals surface area contributed by atoms with Crippen molar-refractivity contribution in [2.75, 3.05) is 10.6 Å². The molecule has 0 aliphatic heterocycles. The second kappa shape index (κ2) is 7.98. The Morgan fingerprint density at radius 3 is 2.75 bits per heavy atom. The van der Waals surface area contributed by atoms with Gasteiger partial charge in [0.25, 0.3) is 5.91 Å². The molecule has 0 radical (unpaired) electrons. The molecule has 4 rings (SSSR count). The number of aryl methyl sites for hydroxylation is 2. The third-order valence-corrected chi connectivity index (χ3v) is 4.98. The zero-order chi connectivity index (χ0) is 23.0. The van der Waals surface area contributed by atoms with Crippen LogP contribution in [0, 0.1) is 6.92 Å². The van der Waals surface area contributed by atoms with Gasteiger partial charge in [0.05, 0.1) is 12.2 Å². The quantitative estimate of drug-likeness (QED) is 0.423. The standard InChI is InChI=1S/C21H20F3N7O/c1-11-9-25-19-18(11)29-17(10-26-19)27-12(2)13-5-4-6-14(7-13)28-20(32)15-8-16(21(22,23)24)30-31(15)3/h4-10,12H,1-3H3,(H,25,26)(H,27,29)(H,28,32)/t12-/m0/s1. The summed E-state index contributed by atoms with van der Waals surface area (Å²) in [5, 5.41) is 9.26. The minimum atomic E-state index is -4.62. The van der Waals surface area contributed by atoms with E-state index >= 15 is 0 Å². The number of rotatable bonds is 5. The number of aromatic amines is 1. The summed E-state index contributed by atoms with van der Waals surface area (Å²) < 4.78 is 39.5. The molecule has 1 atom stereocenters. The Balaban J connectivity index is 1.49. The molecular formula is C21H20F3N7O. The summed E-state index contributed by atoms with van der Waals surface area (Å²) in [6.45, 7) is 3.86. The smallest absolute Gasteiger partial charge is 0.362 e. The van der Waals surface area contributed by atoms with E-state index < -0.39 is 17.8 Å². The summed E-state index contributed by atoms with van der Waals surface area (Å²) in [5.41, 5.74) is 2.44. The summed E-state index contributed by atoms with van der Waals surface area (Å²) in [6, 6.07) is 7.56. The van der Waals surface area contributed by atoms with E-state index in [2.05, 4.69) is 30.7 Å². The summed E-state index contributed by atoms with van der Waals surface area (Å²) in [6.07, 6.45) is -1.16. The maximum Gasteiger partial charge on any atom is 0.435 e. The molecule has 0 bridgehead atoms. The molecule has 0 saturated carbocycles. The Morgan fingerprint density at radius 1 is 1.25 bits per heavy atom. The fraction of sp³-hybridized carbons (Fsp3) is 0.238. The lowest BCUT2D eigenvalue weighted by Crippen LogP contribution is -2.16. The predicted molar refractivity (Wildman–Crippen MR) is 113 cm³/mol. The number of alkyl halides is 3. The monoisotopic (exact) mass is 443 g/mol. The number of anilines is 2. The molecule has 3 N–H and O–H groups in total. The van der Waals surface area contributed by atoms with E-state index in [-0.39, 0.29) is 11.7 Å². The average molecular weight is 443 g/mol. The highest BCUT2D eigenvalue weighted by atomic mass is 19.4. The van der Waals surface area contributed by atoms with Gasteiger partial charge in [0.15, 0.2) is 11.3 Å². The lowest BCUT2D eigenvalue weighted by molar-refractivity contribution is -0.141. The molecule has 0 saturated heterocycles. The van der Waals surface area contributed by atoms with Crippen LogP contribution in [0.2, 0.25) is 0 Å². The topological polar surface area (TPSA) is 101 Å². The van der Waals surface area contributed by atoms with Gasteiger partial charge in [0.2, 0.25) is 0 Å². The van der Waals surface area contributed by atoms with Crippen LogP contribution < -0.4 is 10.6 Å². The number of halogens is 3. The van der Waals surface area contributed by atoms with E-state index in [0.29, 0.717) is 17.2 Å². The van der Waals surface area contributed by atoms with Crippen LogP contribution in [0.15, 0.2) is 42.7 Å². The highest BCUT2D eigenvalue weighted by Crippen LogP contribution is 2.29. The van der Waals surface area contributed by atoms with Crippen molar-refractivity contribution >= 4 is 28.6 Å². The fourth-order valence-electron chi connectivity index (χ4n) is 3.29. The normalized spacial score (nSPS) is 12.7. The van der Waals surface area contributed by atoms with Gasteiger partial charge < -0.3 is 15.6 Å². The number of aromatic nitrogens is 5. The highest BCUT2D eigenvalue weighted by molar-refractivity contribution is 6.03. The van der Waals surface area contributed by atoms with Crippen molar-refractivity contribution in [3.63, 3.8) is 0 Å². The van der Waals surface area contributed by atoms with E-state index in [9.17, 15) is 18.0 Å². The van der Waals surface area contributed by atoms with Crippen molar-refractivity contribution in [2.24, 2.45) is 7.05 Å². The number of nitrogens with zero attached hydrogens (tertiary/aromatic N) is 4. The van der Waals surface area contributed by atoms with Gasteiger partial charge >= 0.3 is 6.18 Å². The number of carbonyl (C=O) groups is 1. The maximum atomic E-state index is 12.9. The molecule has 4 aromatic rings. The average Bonchev–Trinajstić information content (AvgIpc) is 3.31. The maximum absolute atomic E-state index is 12.9. The van der Waals surface area contributed by atoms with Crippen molar-refractivity contribution in [3.05, 3.63) is 65.2 Å². The molecule has 0 spiro atoms. The number of hydrogen-bond acceptors (Lipinski definition) is 5. The Morgan fingerprint density at radius 2 is 2.03 bits per heavy atom. The van der Waals surface area contributed by atoms with Crippen molar-refractivity contribution in [3.8, 4) is 0 Å². The van der Waals surface area contributed by atoms with Gasteiger partial charge in [-0.15, -0.1) is 0 Å². The first-order chi connectivity index (χ1) is 15.1. The fourth-order valence-corrected chi connectivity index (χ4v) is 3.29. The molecule has 166 valence electrons. The minimum Gasteiger partial charge on any atom is -0.362 e. The number of nitrogens with one attached hydrogen (secondary N) is 3.